The Hall–Kier alpha value is -1.82. The van der Waals surface area contributed by atoms with Gasteiger partial charge in [-0.25, -0.2) is 0 Å². The van der Waals surface area contributed by atoms with Crippen molar-refractivity contribution < 1.29 is 13.7 Å². The van der Waals surface area contributed by atoms with Crippen molar-refractivity contribution in [3.63, 3.8) is 0 Å². The third kappa shape index (κ3) is 2.23. The number of likely N-dealkylation sites (tertiary alicyclic amines) is 1. The maximum Gasteiger partial charge on any atom is 0.240 e. The van der Waals surface area contributed by atoms with Crippen molar-refractivity contribution in [1.82, 2.24) is 15.0 Å². The maximum absolute atomic E-state index is 11.6. The van der Waals surface area contributed by atoms with Crippen molar-refractivity contribution in [3.05, 3.63) is 24.3 Å². The third-order valence-corrected chi connectivity index (χ3v) is 3.25. The fraction of sp³-hybridized carbons (Fsp3) is 0.417. The topological polar surface area (TPSA) is 72.4 Å². The van der Waals surface area contributed by atoms with Gasteiger partial charge in [0.2, 0.25) is 17.6 Å². The molecule has 1 atom stereocenters. The van der Waals surface area contributed by atoms with Gasteiger partial charge in [-0.2, -0.15) is 4.98 Å². The van der Waals surface area contributed by atoms with Crippen LogP contribution in [-0.2, 0) is 4.79 Å². The zero-order valence-corrected chi connectivity index (χ0v) is 11.0. The lowest BCUT2D eigenvalue weighted by atomic mass is 10.00. The van der Waals surface area contributed by atoms with Crippen LogP contribution in [0.1, 0.15) is 18.7 Å². The molecule has 7 heteroatoms. The number of alkyl halides is 1. The van der Waals surface area contributed by atoms with E-state index in [-0.39, 0.29) is 11.8 Å². The molecular weight excluding hydrogens is 270 g/mol. The van der Waals surface area contributed by atoms with E-state index in [4.69, 9.17) is 20.5 Å². The highest BCUT2D eigenvalue weighted by atomic mass is 35.5. The van der Waals surface area contributed by atoms with Crippen LogP contribution in [0.5, 0.6) is 0 Å². The van der Waals surface area contributed by atoms with E-state index in [0.29, 0.717) is 30.6 Å². The Morgan fingerprint density at radius 2 is 2.37 bits per heavy atom. The van der Waals surface area contributed by atoms with Crippen molar-refractivity contribution in [3.8, 4) is 11.6 Å². The van der Waals surface area contributed by atoms with Gasteiger partial charge in [-0.1, -0.05) is 5.16 Å². The third-order valence-electron chi connectivity index (χ3n) is 3.07. The SMILES string of the molecule is CC(Cl)C(=O)N1CC(c2nc(-c3ccco3)no2)C1. The van der Waals surface area contributed by atoms with Gasteiger partial charge in [0.05, 0.1) is 12.2 Å². The zero-order valence-electron chi connectivity index (χ0n) is 10.2. The number of furan rings is 1. The number of hydrogen-bond donors (Lipinski definition) is 0. The van der Waals surface area contributed by atoms with E-state index in [9.17, 15) is 4.79 Å². The van der Waals surface area contributed by atoms with Gasteiger partial charge < -0.3 is 13.8 Å². The van der Waals surface area contributed by atoms with E-state index in [2.05, 4.69) is 10.1 Å². The molecule has 6 nitrogen and oxygen atoms in total. The van der Waals surface area contributed by atoms with E-state index in [1.165, 1.54) is 0 Å². The standard InChI is InChI=1S/C12H12ClN3O3/c1-7(13)12(17)16-5-8(6-16)11-14-10(15-19-11)9-3-2-4-18-9/h2-4,7-8H,5-6H2,1H3. The van der Waals surface area contributed by atoms with Gasteiger partial charge in [-0.05, 0) is 19.1 Å². The van der Waals surface area contributed by atoms with Gasteiger partial charge in [0.25, 0.3) is 0 Å². The molecular formula is C12H12ClN3O3. The number of nitrogens with zero attached hydrogens (tertiary/aromatic N) is 3. The van der Waals surface area contributed by atoms with Crippen LogP contribution >= 0.6 is 11.6 Å². The molecule has 0 bridgehead atoms. The lowest BCUT2D eigenvalue weighted by Crippen LogP contribution is -2.50. The van der Waals surface area contributed by atoms with Crippen LogP contribution in [0.4, 0.5) is 0 Å². The fourth-order valence-corrected chi connectivity index (χ4v) is 2.11. The second kappa shape index (κ2) is 4.70. The Morgan fingerprint density at radius 3 is 3.00 bits per heavy atom. The predicted octanol–water partition coefficient (Wildman–Crippen LogP) is 1.88. The van der Waals surface area contributed by atoms with Crippen molar-refractivity contribution >= 4 is 17.5 Å². The summed E-state index contributed by atoms with van der Waals surface area (Å²) in [6.45, 7) is 2.80. The zero-order chi connectivity index (χ0) is 13.4. The first-order valence-electron chi connectivity index (χ1n) is 5.95. The lowest BCUT2D eigenvalue weighted by Gasteiger charge is -2.37. The molecule has 0 N–H and O–H groups in total. The van der Waals surface area contributed by atoms with Crippen molar-refractivity contribution in [2.45, 2.75) is 18.2 Å². The Morgan fingerprint density at radius 1 is 1.58 bits per heavy atom. The average molecular weight is 282 g/mol. The molecule has 1 amide bonds. The van der Waals surface area contributed by atoms with E-state index >= 15 is 0 Å². The number of amides is 1. The fourth-order valence-electron chi connectivity index (χ4n) is 1.97. The first-order valence-corrected chi connectivity index (χ1v) is 6.39. The molecule has 2 aromatic heterocycles. The van der Waals surface area contributed by atoms with Crippen molar-refractivity contribution in [2.24, 2.45) is 0 Å². The molecule has 19 heavy (non-hydrogen) atoms. The van der Waals surface area contributed by atoms with E-state index in [0.717, 1.165) is 0 Å². The predicted molar refractivity (Wildman–Crippen MR) is 66.6 cm³/mol. The minimum Gasteiger partial charge on any atom is -0.461 e. The van der Waals surface area contributed by atoms with Crippen LogP contribution in [0.3, 0.4) is 0 Å². The summed E-state index contributed by atoms with van der Waals surface area (Å²) in [5.74, 6) is 1.53. The highest BCUT2D eigenvalue weighted by Crippen LogP contribution is 2.28. The number of carbonyl (C=O) groups excluding carboxylic acids is 1. The number of rotatable bonds is 3. The molecule has 0 radical (unpaired) electrons. The van der Waals surface area contributed by atoms with Crippen LogP contribution in [0, 0.1) is 0 Å². The Labute approximate surface area is 114 Å². The van der Waals surface area contributed by atoms with Crippen LogP contribution in [0.25, 0.3) is 11.6 Å². The second-order valence-corrected chi connectivity index (χ2v) is 5.14. The van der Waals surface area contributed by atoms with E-state index in [1.807, 2.05) is 0 Å². The highest BCUT2D eigenvalue weighted by Gasteiger charge is 2.36. The normalized spacial score (nSPS) is 17.3. The Bertz CT molecular complexity index is 573. The molecule has 0 aliphatic carbocycles. The summed E-state index contributed by atoms with van der Waals surface area (Å²) in [5.41, 5.74) is 0. The Kier molecular flexibility index (Phi) is 3.02. The van der Waals surface area contributed by atoms with Gasteiger partial charge in [0.1, 0.15) is 5.38 Å². The summed E-state index contributed by atoms with van der Waals surface area (Å²) in [7, 11) is 0. The summed E-state index contributed by atoms with van der Waals surface area (Å²) in [5, 5.41) is 3.36. The minimum absolute atomic E-state index is 0.0660. The van der Waals surface area contributed by atoms with Crippen LogP contribution in [0.15, 0.2) is 27.3 Å². The molecule has 1 fully saturated rings. The monoisotopic (exact) mass is 281 g/mol. The summed E-state index contributed by atoms with van der Waals surface area (Å²) >= 11 is 5.75. The highest BCUT2D eigenvalue weighted by molar-refractivity contribution is 6.30. The summed E-state index contributed by atoms with van der Waals surface area (Å²) < 4.78 is 10.4. The largest absolute Gasteiger partial charge is 0.461 e. The second-order valence-electron chi connectivity index (χ2n) is 4.49. The van der Waals surface area contributed by atoms with Crippen LogP contribution in [0.2, 0.25) is 0 Å². The first-order chi connectivity index (χ1) is 9.15. The van der Waals surface area contributed by atoms with Crippen molar-refractivity contribution in [2.75, 3.05) is 13.1 Å². The molecule has 0 saturated carbocycles. The molecule has 1 aliphatic heterocycles. The van der Waals surface area contributed by atoms with Gasteiger partial charge in [-0.3, -0.25) is 4.79 Å². The molecule has 1 saturated heterocycles. The van der Waals surface area contributed by atoms with Gasteiger partial charge in [0.15, 0.2) is 5.76 Å². The van der Waals surface area contributed by atoms with Gasteiger partial charge >= 0.3 is 0 Å². The molecule has 1 unspecified atom stereocenters. The molecule has 3 heterocycles. The van der Waals surface area contributed by atoms with Crippen molar-refractivity contribution in [1.29, 1.82) is 0 Å². The number of aromatic nitrogens is 2. The smallest absolute Gasteiger partial charge is 0.240 e. The summed E-state index contributed by atoms with van der Waals surface area (Å²) in [6.07, 6.45) is 1.55. The molecule has 0 spiro atoms. The van der Waals surface area contributed by atoms with Gasteiger partial charge in [0, 0.05) is 13.1 Å². The molecule has 2 aromatic rings. The molecule has 0 aromatic carbocycles. The number of hydrogen-bond acceptors (Lipinski definition) is 5. The average Bonchev–Trinajstić information content (AvgIpc) is 2.96. The van der Waals surface area contributed by atoms with E-state index in [1.54, 1.807) is 30.2 Å². The van der Waals surface area contributed by atoms with Crippen LogP contribution in [-0.4, -0.2) is 39.4 Å². The molecule has 1 aliphatic rings. The Balaban J connectivity index is 1.65. The van der Waals surface area contributed by atoms with E-state index < -0.39 is 5.38 Å². The van der Waals surface area contributed by atoms with Gasteiger partial charge in [-0.15, -0.1) is 11.6 Å². The maximum atomic E-state index is 11.6. The number of carbonyl (C=O) groups is 1. The molecule has 3 rings (SSSR count). The number of halogens is 1. The first kappa shape index (κ1) is 12.2. The summed E-state index contributed by atoms with van der Waals surface area (Å²) in [6, 6.07) is 3.53. The minimum atomic E-state index is -0.498. The quantitative estimate of drug-likeness (QED) is 0.803. The summed E-state index contributed by atoms with van der Waals surface area (Å²) in [4.78, 5) is 17.6. The lowest BCUT2D eigenvalue weighted by molar-refractivity contribution is -0.135. The molecule has 100 valence electrons. The van der Waals surface area contributed by atoms with Crippen LogP contribution < -0.4 is 0 Å².